The number of nitrogens with one attached hydrogen (secondary N) is 1. The standard InChI is InChI=1S/C12H13N/c1-3-7-11-9(5-1)10-6-2-4-8-12(10)13-11/h1,4-5,7-9,13H,2-3,6H2. The highest BCUT2D eigenvalue weighted by Crippen LogP contribution is 2.37. The summed E-state index contributed by atoms with van der Waals surface area (Å²) in [6.07, 6.45) is 14.9. The summed E-state index contributed by atoms with van der Waals surface area (Å²) in [6.45, 7) is 0. The lowest BCUT2D eigenvalue weighted by atomic mass is 9.89. The third kappa shape index (κ3) is 0.998. The predicted molar refractivity (Wildman–Crippen MR) is 53.9 cm³/mol. The van der Waals surface area contributed by atoms with E-state index in [1.165, 1.54) is 24.2 Å². The molecule has 0 spiro atoms. The lowest BCUT2D eigenvalue weighted by Crippen LogP contribution is -2.09. The Morgan fingerprint density at radius 3 is 3.31 bits per heavy atom. The zero-order chi connectivity index (χ0) is 8.67. The number of hydrogen-bond donors (Lipinski definition) is 1. The minimum Gasteiger partial charge on any atom is -0.358 e. The molecule has 3 aliphatic rings. The van der Waals surface area contributed by atoms with Crippen molar-refractivity contribution in [3.8, 4) is 0 Å². The van der Waals surface area contributed by atoms with Crippen LogP contribution >= 0.6 is 0 Å². The molecule has 0 bridgehead atoms. The molecule has 3 rings (SSSR count). The van der Waals surface area contributed by atoms with Crippen molar-refractivity contribution in [1.29, 1.82) is 0 Å². The van der Waals surface area contributed by atoms with Crippen LogP contribution in [0.3, 0.4) is 0 Å². The fraction of sp³-hybridized carbons (Fsp3) is 0.333. The van der Waals surface area contributed by atoms with Crippen LogP contribution in [0.1, 0.15) is 19.3 Å². The summed E-state index contributed by atoms with van der Waals surface area (Å²) < 4.78 is 0. The van der Waals surface area contributed by atoms with Crippen LogP contribution in [0.15, 0.2) is 47.3 Å². The van der Waals surface area contributed by atoms with Gasteiger partial charge in [0.1, 0.15) is 0 Å². The summed E-state index contributed by atoms with van der Waals surface area (Å²) in [6, 6.07) is 0. The fourth-order valence-electron chi connectivity index (χ4n) is 2.36. The molecule has 1 heterocycles. The second kappa shape index (κ2) is 2.63. The summed E-state index contributed by atoms with van der Waals surface area (Å²) in [5.41, 5.74) is 4.35. The lowest BCUT2D eigenvalue weighted by molar-refractivity contribution is 0.803. The highest BCUT2D eigenvalue weighted by atomic mass is 14.9. The van der Waals surface area contributed by atoms with Gasteiger partial charge in [-0.3, -0.25) is 0 Å². The van der Waals surface area contributed by atoms with E-state index in [1.807, 2.05) is 0 Å². The first-order chi connectivity index (χ1) is 6.45. The summed E-state index contributed by atoms with van der Waals surface area (Å²) >= 11 is 0. The van der Waals surface area contributed by atoms with Crippen LogP contribution in [-0.4, -0.2) is 0 Å². The molecular weight excluding hydrogens is 158 g/mol. The minimum atomic E-state index is 0.577. The van der Waals surface area contributed by atoms with Crippen molar-refractivity contribution in [1.82, 2.24) is 5.32 Å². The molecule has 0 saturated carbocycles. The van der Waals surface area contributed by atoms with Gasteiger partial charge in [0.05, 0.1) is 0 Å². The maximum atomic E-state index is 3.50. The molecule has 0 aromatic carbocycles. The maximum absolute atomic E-state index is 3.50. The van der Waals surface area contributed by atoms with Gasteiger partial charge in [-0.05, 0) is 30.9 Å². The zero-order valence-electron chi connectivity index (χ0n) is 7.59. The summed E-state index contributed by atoms with van der Waals surface area (Å²) in [5.74, 6) is 0.577. The van der Waals surface area contributed by atoms with Gasteiger partial charge >= 0.3 is 0 Å². The van der Waals surface area contributed by atoms with Gasteiger partial charge in [0.25, 0.3) is 0 Å². The Bertz CT molecular complexity index is 355. The number of fused-ring (bicyclic) bond motifs is 2. The molecule has 0 saturated heterocycles. The van der Waals surface area contributed by atoms with Gasteiger partial charge in [-0.15, -0.1) is 0 Å². The fourth-order valence-corrected chi connectivity index (χ4v) is 2.36. The molecule has 1 unspecified atom stereocenters. The second-order valence-corrected chi connectivity index (χ2v) is 3.81. The Morgan fingerprint density at radius 1 is 1.31 bits per heavy atom. The molecule has 1 heteroatoms. The Kier molecular flexibility index (Phi) is 1.45. The first-order valence-corrected chi connectivity index (χ1v) is 4.98. The van der Waals surface area contributed by atoms with E-state index in [1.54, 1.807) is 5.57 Å². The Hall–Kier alpha value is -1.24. The van der Waals surface area contributed by atoms with E-state index in [4.69, 9.17) is 0 Å². The molecular formula is C12H13N. The van der Waals surface area contributed by atoms with Gasteiger partial charge in [-0.1, -0.05) is 24.3 Å². The average Bonchev–Trinajstić information content (AvgIpc) is 2.56. The van der Waals surface area contributed by atoms with Gasteiger partial charge in [-0.25, -0.2) is 0 Å². The van der Waals surface area contributed by atoms with Gasteiger partial charge in [0.15, 0.2) is 0 Å². The lowest BCUT2D eigenvalue weighted by Gasteiger charge is -2.14. The summed E-state index contributed by atoms with van der Waals surface area (Å²) in [5, 5.41) is 3.50. The summed E-state index contributed by atoms with van der Waals surface area (Å²) in [7, 11) is 0. The van der Waals surface area contributed by atoms with Gasteiger partial charge in [0, 0.05) is 17.3 Å². The molecule has 1 atom stereocenters. The van der Waals surface area contributed by atoms with Crippen LogP contribution in [0.2, 0.25) is 0 Å². The van der Waals surface area contributed by atoms with Gasteiger partial charge in [0.2, 0.25) is 0 Å². The first kappa shape index (κ1) is 7.19. The number of allylic oxidation sites excluding steroid dienone is 5. The van der Waals surface area contributed by atoms with Crippen molar-refractivity contribution in [2.24, 2.45) is 5.92 Å². The Morgan fingerprint density at radius 2 is 2.31 bits per heavy atom. The molecule has 0 aromatic heterocycles. The Balaban J connectivity index is 2.03. The van der Waals surface area contributed by atoms with Crippen LogP contribution in [0, 0.1) is 5.92 Å². The van der Waals surface area contributed by atoms with Crippen LogP contribution in [-0.2, 0) is 0 Å². The van der Waals surface area contributed by atoms with Crippen LogP contribution in [0.25, 0.3) is 0 Å². The second-order valence-electron chi connectivity index (χ2n) is 3.81. The van der Waals surface area contributed by atoms with Gasteiger partial charge < -0.3 is 5.32 Å². The topological polar surface area (TPSA) is 12.0 Å². The zero-order valence-corrected chi connectivity index (χ0v) is 7.59. The Labute approximate surface area is 78.5 Å². The van der Waals surface area contributed by atoms with E-state index < -0.39 is 0 Å². The molecule has 1 nitrogen and oxygen atoms in total. The van der Waals surface area contributed by atoms with Crippen molar-refractivity contribution >= 4 is 0 Å². The predicted octanol–water partition coefficient (Wildman–Crippen LogP) is 2.65. The quantitative estimate of drug-likeness (QED) is 0.552. The van der Waals surface area contributed by atoms with Gasteiger partial charge in [-0.2, -0.15) is 0 Å². The smallest absolute Gasteiger partial charge is 0.0400 e. The normalized spacial score (nSPS) is 29.5. The number of rotatable bonds is 0. The molecule has 13 heavy (non-hydrogen) atoms. The van der Waals surface area contributed by atoms with E-state index >= 15 is 0 Å². The molecule has 0 fully saturated rings. The van der Waals surface area contributed by atoms with Crippen molar-refractivity contribution in [3.05, 3.63) is 47.3 Å². The molecule has 0 radical (unpaired) electrons. The van der Waals surface area contributed by atoms with Crippen molar-refractivity contribution in [3.63, 3.8) is 0 Å². The van der Waals surface area contributed by atoms with E-state index in [2.05, 4.69) is 35.7 Å². The summed E-state index contributed by atoms with van der Waals surface area (Å²) in [4.78, 5) is 0. The first-order valence-electron chi connectivity index (χ1n) is 4.98. The number of hydrogen-bond acceptors (Lipinski definition) is 1. The monoisotopic (exact) mass is 171 g/mol. The van der Waals surface area contributed by atoms with E-state index in [-0.39, 0.29) is 0 Å². The third-order valence-electron chi connectivity index (χ3n) is 3.00. The molecule has 66 valence electrons. The molecule has 2 aliphatic carbocycles. The maximum Gasteiger partial charge on any atom is 0.0400 e. The van der Waals surface area contributed by atoms with Crippen LogP contribution < -0.4 is 5.32 Å². The van der Waals surface area contributed by atoms with E-state index in [0.29, 0.717) is 5.92 Å². The molecule has 1 aliphatic heterocycles. The molecule has 0 aromatic rings. The van der Waals surface area contributed by atoms with E-state index in [9.17, 15) is 0 Å². The van der Waals surface area contributed by atoms with Crippen molar-refractivity contribution in [2.45, 2.75) is 19.3 Å². The minimum absolute atomic E-state index is 0.577. The SMILES string of the molecule is C1=CC2C(=CC1)NC1=C2CCC=C1. The van der Waals surface area contributed by atoms with Crippen molar-refractivity contribution in [2.75, 3.05) is 0 Å². The highest BCUT2D eigenvalue weighted by molar-refractivity contribution is 5.46. The molecule has 1 N–H and O–H groups in total. The highest BCUT2D eigenvalue weighted by Gasteiger charge is 2.28. The van der Waals surface area contributed by atoms with Crippen LogP contribution in [0.5, 0.6) is 0 Å². The van der Waals surface area contributed by atoms with Crippen LogP contribution in [0.4, 0.5) is 0 Å². The largest absolute Gasteiger partial charge is 0.358 e. The van der Waals surface area contributed by atoms with E-state index in [0.717, 1.165) is 6.42 Å². The van der Waals surface area contributed by atoms with Crippen molar-refractivity contribution < 1.29 is 0 Å². The molecule has 0 amide bonds. The average molecular weight is 171 g/mol. The third-order valence-corrected chi connectivity index (χ3v) is 3.00.